The maximum atomic E-state index is 12.6. The lowest BCUT2D eigenvalue weighted by atomic mass is 9.87. The van der Waals surface area contributed by atoms with Gasteiger partial charge in [-0.3, -0.25) is 4.79 Å². The van der Waals surface area contributed by atoms with Crippen molar-refractivity contribution in [2.75, 3.05) is 11.4 Å². The fourth-order valence-corrected chi connectivity index (χ4v) is 3.04. The zero-order valence-electron chi connectivity index (χ0n) is 12.8. The summed E-state index contributed by atoms with van der Waals surface area (Å²) in [5, 5.41) is 10.5. The molecule has 0 fully saturated rings. The van der Waals surface area contributed by atoms with Gasteiger partial charge in [0.2, 0.25) is 5.91 Å². The van der Waals surface area contributed by atoms with Crippen molar-refractivity contribution in [3.63, 3.8) is 0 Å². The second kappa shape index (κ2) is 5.93. The van der Waals surface area contributed by atoms with Crippen LogP contribution in [0, 0.1) is 0 Å². The number of aryl methyl sites for hydroxylation is 1. The summed E-state index contributed by atoms with van der Waals surface area (Å²) in [6, 6.07) is 17.7. The van der Waals surface area contributed by atoms with Crippen LogP contribution in [-0.2, 0) is 16.8 Å². The van der Waals surface area contributed by atoms with Crippen molar-refractivity contribution in [3.8, 4) is 0 Å². The molecule has 0 spiro atoms. The first-order chi connectivity index (χ1) is 10.6. The van der Waals surface area contributed by atoms with Crippen molar-refractivity contribution in [3.05, 3.63) is 65.7 Å². The Bertz CT molecular complexity index is 664. The molecule has 0 saturated carbocycles. The van der Waals surface area contributed by atoms with Gasteiger partial charge < -0.3 is 10.0 Å². The summed E-state index contributed by atoms with van der Waals surface area (Å²) in [5.41, 5.74) is 2.01. The maximum Gasteiger partial charge on any atom is 0.227 e. The van der Waals surface area contributed by atoms with Crippen LogP contribution in [-0.4, -0.2) is 17.6 Å². The second-order valence-electron chi connectivity index (χ2n) is 6.07. The molecule has 0 bridgehead atoms. The molecule has 22 heavy (non-hydrogen) atoms. The molecular formula is C19H21NO2. The molecule has 1 aliphatic heterocycles. The van der Waals surface area contributed by atoms with Crippen LogP contribution in [0.25, 0.3) is 0 Å². The lowest BCUT2D eigenvalue weighted by Gasteiger charge is -2.38. The standard InChI is InChI=1S/C19H21NO2/c1-19(22)13-14-20(17-10-6-5-9-16(17)19)18(21)12-11-15-7-3-2-4-8-15/h2-10,22H,11-14H2,1H3. The highest BCUT2D eigenvalue weighted by Crippen LogP contribution is 2.38. The van der Waals surface area contributed by atoms with E-state index >= 15 is 0 Å². The number of carbonyl (C=O) groups excluding carboxylic acids is 1. The number of amides is 1. The molecule has 3 rings (SSSR count). The predicted molar refractivity (Wildman–Crippen MR) is 87.7 cm³/mol. The number of para-hydroxylation sites is 1. The Balaban J connectivity index is 1.76. The van der Waals surface area contributed by atoms with E-state index in [0.29, 0.717) is 19.4 Å². The molecule has 0 saturated heterocycles. The summed E-state index contributed by atoms with van der Waals surface area (Å²) in [5.74, 6) is 0.117. The number of hydrogen-bond acceptors (Lipinski definition) is 2. The Labute approximate surface area is 131 Å². The molecule has 3 heteroatoms. The van der Waals surface area contributed by atoms with Gasteiger partial charge in [-0.25, -0.2) is 0 Å². The van der Waals surface area contributed by atoms with E-state index in [1.807, 2.05) is 66.4 Å². The monoisotopic (exact) mass is 295 g/mol. The largest absolute Gasteiger partial charge is 0.385 e. The van der Waals surface area contributed by atoms with Crippen molar-refractivity contribution < 1.29 is 9.90 Å². The number of nitrogens with zero attached hydrogens (tertiary/aromatic N) is 1. The quantitative estimate of drug-likeness (QED) is 0.944. The summed E-state index contributed by atoms with van der Waals surface area (Å²) in [4.78, 5) is 14.4. The van der Waals surface area contributed by atoms with E-state index in [2.05, 4.69) is 0 Å². The van der Waals surface area contributed by atoms with Gasteiger partial charge in [-0.05, 0) is 31.4 Å². The molecule has 1 atom stereocenters. The van der Waals surface area contributed by atoms with Gasteiger partial charge in [-0.1, -0.05) is 48.5 Å². The highest BCUT2D eigenvalue weighted by Gasteiger charge is 2.34. The third kappa shape index (κ3) is 2.90. The van der Waals surface area contributed by atoms with Gasteiger partial charge in [0.05, 0.1) is 5.60 Å². The Hall–Kier alpha value is -2.13. The first-order valence-electron chi connectivity index (χ1n) is 7.74. The normalized spacial score (nSPS) is 20.5. The number of fused-ring (bicyclic) bond motifs is 1. The molecule has 1 aliphatic rings. The fraction of sp³-hybridized carbons (Fsp3) is 0.316. The van der Waals surface area contributed by atoms with Gasteiger partial charge in [0.25, 0.3) is 0 Å². The van der Waals surface area contributed by atoms with Crippen molar-refractivity contribution in [2.24, 2.45) is 0 Å². The lowest BCUT2D eigenvalue weighted by Crippen LogP contribution is -2.42. The maximum absolute atomic E-state index is 12.6. The van der Waals surface area contributed by atoms with Crippen LogP contribution in [0.15, 0.2) is 54.6 Å². The minimum absolute atomic E-state index is 0.117. The summed E-state index contributed by atoms with van der Waals surface area (Å²) < 4.78 is 0. The van der Waals surface area contributed by atoms with Crippen LogP contribution in [0.2, 0.25) is 0 Å². The lowest BCUT2D eigenvalue weighted by molar-refractivity contribution is -0.119. The van der Waals surface area contributed by atoms with Gasteiger partial charge in [-0.2, -0.15) is 0 Å². The molecule has 1 amide bonds. The molecule has 1 heterocycles. The van der Waals surface area contributed by atoms with E-state index in [0.717, 1.165) is 17.7 Å². The van der Waals surface area contributed by atoms with E-state index in [9.17, 15) is 9.90 Å². The molecule has 2 aromatic carbocycles. The molecule has 0 aliphatic carbocycles. The topological polar surface area (TPSA) is 40.5 Å². The van der Waals surface area contributed by atoms with Crippen LogP contribution < -0.4 is 4.90 Å². The number of carbonyl (C=O) groups is 1. The molecule has 1 N–H and O–H groups in total. The average Bonchev–Trinajstić information content (AvgIpc) is 2.54. The Kier molecular flexibility index (Phi) is 3.99. The molecule has 0 aromatic heterocycles. The van der Waals surface area contributed by atoms with Crippen molar-refractivity contribution in [1.82, 2.24) is 0 Å². The third-order valence-corrected chi connectivity index (χ3v) is 4.37. The summed E-state index contributed by atoms with van der Waals surface area (Å²) in [6.45, 7) is 2.38. The predicted octanol–water partition coefficient (Wildman–Crippen LogP) is 3.26. The van der Waals surface area contributed by atoms with E-state index in [1.165, 1.54) is 5.56 Å². The number of aliphatic hydroxyl groups is 1. The molecule has 1 unspecified atom stereocenters. The SMILES string of the molecule is CC1(O)CCN(C(=O)CCc2ccccc2)c2ccccc21. The van der Waals surface area contributed by atoms with Gasteiger partial charge in [0.1, 0.15) is 0 Å². The molecule has 3 nitrogen and oxygen atoms in total. The van der Waals surface area contributed by atoms with Crippen LogP contribution in [0.5, 0.6) is 0 Å². The smallest absolute Gasteiger partial charge is 0.227 e. The Morgan fingerprint density at radius 1 is 1.14 bits per heavy atom. The van der Waals surface area contributed by atoms with Gasteiger partial charge in [-0.15, -0.1) is 0 Å². The van der Waals surface area contributed by atoms with E-state index < -0.39 is 5.60 Å². The number of benzene rings is 2. The van der Waals surface area contributed by atoms with Gasteiger partial charge >= 0.3 is 0 Å². The highest BCUT2D eigenvalue weighted by atomic mass is 16.3. The van der Waals surface area contributed by atoms with Crippen molar-refractivity contribution in [1.29, 1.82) is 0 Å². The van der Waals surface area contributed by atoms with E-state index in [1.54, 1.807) is 0 Å². The minimum atomic E-state index is -0.854. The highest BCUT2D eigenvalue weighted by molar-refractivity contribution is 5.95. The van der Waals surface area contributed by atoms with E-state index in [-0.39, 0.29) is 5.91 Å². The number of hydrogen-bond donors (Lipinski definition) is 1. The number of anilines is 1. The molecule has 0 radical (unpaired) electrons. The van der Waals surface area contributed by atoms with Crippen molar-refractivity contribution in [2.45, 2.75) is 31.8 Å². The zero-order chi connectivity index (χ0) is 15.6. The van der Waals surface area contributed by atoms with Crippen LogP contribution in [0.3, 0.4) is 0 Å². The van der Waals surface area contributed by atoms with Crippen LogP contribution >= 0.6 is 0 Å². The summed E-state index contributed by atoms with van der Waals surface area (Å²) >= 11 is 0. The minimum Gasteiger partial charge on any atom is -0.385 e. The Morgan fingerprint density at radius 2 is 1.82 bits per heavy atom. The van der Waals surface area contributed by atoms with Crippen molar-refractivity contribution >= 4 is 11.6 Å². The first-order valence-corrected chi connectivity index (χ1v) is 7.74. The summed E-state index contributed by atoms with van der Waals surface area (Å²) in [6.07, 6.45) is 1.80. The number of rotatable bonds is 3. The average molecular weight is 295 g/mol. The summed E-state index contributed by atoms with van der Waals surface area (Å²) in [7, 11) is 0. The Morgan fingerprint density at radius 3 is 2.59 bits per heavy atom. The fourth-order valence-electron chi connectivity index (χ4n) is 3.04. The van der Waals surface area contributed by atoms with E-state index in [4.69, 9.17) is 0 Å². The molecule has 114 valence electrons. The molecular weight excluding hydrogens is 274 g/mol. The van der Waals surface area contributed by atoms with Gasteiger partial charge in [0.15, 0.2) is 0 Å². The van der Waals surface area contributed by atoms with Crippen LogP contribution in [0.4, 0.5) is 5.69 Å². The first kappa shape index (κ1) is 14.8. The van der Waals surface area contributed by atoms with Crippen LogP contribution in [0.1, 0.15) is 30.9 Å². The third-order valence-electron chi connectivity index (χ3n) is 4.37. The zero-order valence-corrected chi connectivity index (χ0v) is 12.8. The van der Waals surface area contributed by atoms with Gasteiger partial charge in [0, 0.05) is 24.2 Å². The second-order valence-corrected chi connectivity index (χ2v) is 6.07. The molecule has 2 aromatic rings.